The van der Waals surface area contributed by atoms with Crippen LogP contribution in [0.5, 0.6) is 0 Å². The zero-order chi connectivity index (χ0) is 15.1. The maximum absolute atomic E-state index is 12.0. The van der Waals surface area contributed by atoms with Gasteiger partial charge in [-0.2, -0.15) is 0 Å². The first kappa shape index (κ1) is 15.3. The SMILES string of the molecule is CN[C@@H](CCNC(=O)c1cccn1C)Cc1ccccc1. The molecule has 0 aliphatic carbocycles. The average Bonchev–Trinajstić information content (AvgIpc) is 2.93. The second kappa shape index (κ2) is 7.64. The first-order chi connectivity index (χ1) is 10.2. The highest BCUT2D eigenvalue weighted by atomic mass is 16.1. The van der Waals surface area contributed by atoms with Crippen molar-refractivity contribution in [3.05, 3.63) is 59.9 Å². The van der Waals surface area contributed by atoms with Crippen LogP contribution >= 0.6 is 0 Å². The average molecular weight is 285 g/mol. The number of likely N-dealkylation sites (N-methyl/N-ethyl adjacent to an activating group) is 1. The van der Waals surface area contributed by atoms with E-state index in [2.05, 4.69) is 34.9 Å². The van der Waals surface area contributed by atoms with Crippen molar-refractivity contribution in [3.63, 3.8) is 0 Å². The van der Waals surface area contributed by atoms with Crippen LogP contribution in [0.1, 0.15) is 22.5 Å². The van der Waals surface area contributed by atoms with E-state index in [0.717, 1.165) is 12.8 Å². The minimum absolute atomic E-state index is 0.0166. The van der Waals surface area contributed by atoms with Gasteiger partial charge in [-0.15, -0.1) is 0 Å². The topological polar surface area (TPSA) is 46.1 Å². The van der Waals surface area contributed by atoms with Crippen molar-refractivity contribution in [3.8, 4) is 0 Å². The van der Waals surface area contributed by atoms with Crippen LogP contribution in [0.3, 0.4) is 0 Å². The number of aromatic nitrogens is 1. The molecule has 0 saturated heterocycles. The first-order valence-electron chi connectivity index (χ1n) is 7.31. The molecule has 0 spiro atoms. The minimum atomic E-state index is -0.0166. The van der Waals surface area contributed by atoms with Crippen LogP contribution in [0.4, 0.5) is 0 Å². The van der Waals surface area contributed by atoms with E-state index in [1.807, 2.05) is 43.1 Å². The molecule has 1 amide bonds. The van der Waals surface area contributed by atoms with Crippen molar-refractivity contribution in [2.45, 2.75) is 18.9 Å². The highest BCUT2D eigenvalue weighted by Gasteiger charge is 2.10. The normalized spacial score (nSPS) is 12.1. The van der Waals surface area contributed by atoms with E-state index in [-0.39, 0.29) is 5.91 Å². The number of hydrogen-bond acceptors (Lipinski definition) is 2. The molecule has 0 saturated carbocycles. The number of nitrogens with zero attached hydrogens (tertiary/aromatic N) is 1. The first-order valence-corrected chi connectivity index (χ1v) is 7.31. The Labute approximate surface area is 126 Å². The van der Waals surface area contributed by atoms with Crippen LogP contribution in [0, 0.1) is 0 Å². The van der Waals surface area contributed by atoms with Crippen molar-refractivity contribution >= 4 is 5.91 Å². The number of benzene rings is 1. The Morgan fingerprint density at radius 1 is 1.19 bits per heavy atom. The summed E-state index contributed by atoms with van der Waals surface area (Å²) in [6.45, 7) is 0.669. The summed E-state index contributed by atoms with van der Waals surface area (Å²) >= 11 is 0. The van der Waals surface area contributed by atoms with E-state index in [9.17, 15) is 4.79 Å². The monoisotopic (exact) mass is 285 g/mol. The summed E-state index contributed by atoms with van der Waals surface area (Å²) in [6, 6.07) is 14.5. The Bertz CT molecular complexity index is 562. The summed E-state index contributed by atoms with van der Waals surface area (Å²) in [5, 5.41) is 6.29. The molecular weight excluding hydrogens is 262 g/mol. The van der Waals surface area contributed by atoms with E-state index in [4.69, 9.17) is 0 Å². The molecule has 2 N–H and O–H groups in total. The fourth-order valence-corrected chi connectivity index (χ4v) is 2.39. The van der Waals surface area contributed by atoms with E-state index < -0.39 is 0 Å². The van der Waals surface area contributed by atoms with Gasteiger partial charge in [-0.1, -0.05) is 30.3 Å². The fraction of sp³-hybridized carbons (Fsp3) is 0.353. The van der Waals surface area contributed by atoms with Crippen molar-refractivity contribution < 1.29 is 4.79 Å². The van der Waals surface area contributed by atoms with Crippen LogP contribution in [-0.2, 0) is 13.5 Å². The molecule has 4 heteroatoms. The summed E-state index contributed by atoms with van der Waals surface area (Å²) in [4.78, 5) is 12.0. The third-order valence-electron chi connectivity index (χ3n) is 3.69. The van der Waals surface area contributed by atoms with Crippen LogP contribution in [0.2, 0.25) is 0 Å². The van der Waals surface area contributed by atoms with Gasteiger partial charge in [-0.25, -0.2) is 0 Å². The molecule has 2 rings (SSSR count). The maximum atomic E-state index is 12.0. The van der Waals surface area contributed by atoms with Crippen molar-refractivity contribution in [1.82, 2.24) is 15.2 Å². The highest BCUT2D eigenvalue weighted by molar-refractivity contribution is 5.92. The molecule has 1 atom stereocenters. The van der Waals surface area contributed by atoms with Gasteiger partial charge >= 0.3 is 0 Å². The lowest BCUT2D eigenvalue weighted by Gasteiger charge is -2.16. The second-order valence-electron chi connectivity index (χ2n) is 5.22. The van der Waals surface area contributed by atoms with E-state index in [0.29, 0.717) is 18.3 Å². The number of carbonyl (C=O) groups is 1. The maximum Gasteiger partial charge on any atom is 0.267 e. The molecule has 2 aromatic rings. The highest BCUT2D eigenvalue weighted by Crippen LogP contribution is 2.05. The van der Waals surface area contributed by atoms with Crippen LogP contribution < -0.4 is 10.6 Å². The van der Waals surface area contributed by atoms with E-state index in [1.54, 1.807) is 0 Å². The summed E-state index contributed by atoms with van der Waals surface area (Å²) < 4.78 is 1.83. The van der Waals surface area contributed by atoms with Gasteiger partial charge in [0, 0.05) is 25.8 Å². The summed E-state index contributed by atoms with van der Waals surface area (Å²) in [5.74, 6) is -0.0166. The Balaban J connectivity index is 1.78. The Morgan fingerprint density at radius 2 is 1.95 bits per heavy atom. The van der Waals surface area contributed by atoms with E-state index in [1.165, 1.54) is 5.56 Å². The largest absolute Gasteiger partial charge is 0.351 e. The molecular formula is C17H23N3O. The third-order valence-corrected chi connectivity index (χ3v) is 3.69. The zero-order valence-electron chi connectivity index (χ0n) is 12.7. The molecule has 0 bridgehead atoms. The lowest BCUT2D eigenvalue weighted by Crippen LogP contribution is -2.34. The predicted octanol–water partition coefficient (Wildman–Crippen LogP) is 1.98. The predicted molar refractivity (Wildman–Crippen MR) is 85.4 cm³/mol. The van der Waals surface area contributed by atoms with Gasteiger partial charge in [0.1, 0.15) is 5.69 Å². The van der Waals surface area contributed by atoms with Crippen molar-refractivity contribution in [2.24, 2.45) is 7.05 Å². The molecule has 4 nitrogen and oxygen atoms in total. The zero-order valence-corrected chi connectivity index (χ0v) is 12.7. The molecule has 0 aliphatic heterocycles. The molecule has 0 fully saturated rings. The molecule has 1 aromatic heterocycles. The van der Waals surface area contributed by atoms with Crippen molar-refractivity contribution in [1.29, 1.82) is 0 Å². The van der Waals surface area contributed by atoms with Gasteiger partial charge in [-0.05, 0) is 37.6 Å². The van der Waals surface area contributed by atoms with Crippen LogP contribution in [0.15, 0.2) is 48.7 Å². The Hall–Kier alpha value is -2.07. The summed E-state index contributed by atoms with van der Waals surface area (Å²) in [7, 11) is 3.84. The Morgan fingerprint density at radius 3 is 2.57 bits per heavy atom. The molecule has 0 unspecified atom stereocenters. The second-order valence-corrected chi connectivity index (χ2v) is 5.22. The quantitative estimate of drug-likeness (QED) is 0.817. The Kier molecular flexibility index (Phi) is 5.58. The molecule has 1 heterocycles. The lowest BCUT2D eigenvalue weighted by atomic mass is 10.0. The number of hydrogen-bond donors (Lipinski definition) is 2. The smallest absolute Gasteiger partial charge is 0.267 e. The molecule has 0 radical (unpaired) electrons. The number of carbonyl (C=O) groups excluding carboxylic acids is 1. The third kappa shape index (κ3) is 4.46. The van der Waals surface area contributed by atoms with Gasteiger partial charge < -0.3 is 15.2 Å². The van der Waals surface area contributed by atoms with Crippen LogP contribution in [-0.4, -0.2) is 30.1 Å². The van der Waals surface area contributed by atoms with Gasteiger partial charge in [-0.3, -0.25) is 4.79 Å². The van der Waals surface area contributed by atoms with Crippen LogP contribution in [0.25, 0.3) is 0 Å². The van der Waals surface area contributed by atoms with Gasteiger partial charge in [0.05, 0.1) is 0 Å². The van der Waals surface area contributed by atoms with Gasteiger partial charge in [0.25, 0.3) is 5.91 Å². The number of nitrogens with one attached hydrogen (secondary N) is 2. The van der Waals surface area contributed by atoms with E-state index >= 15 is 0 Å². The molecule has 112 valence electrons. The number of rotatable bonds is 7. The molecule has 1 aromatic carbocycles. The fourth-order valence-electron chi connectivity index (χ4n) is 2.39. The minimum Gasteiger partial charge on any atom is -0.351 e. The summed E-state index contributed by atoms with van der Waals surface area (Å²) in [6.07, 6.45) is 3.75. The standard InChI is InChI=1S/C17H23N3O/c1-18-15(13-14-7-4-3-5-8-14)10-11-19-17(21)16-9-6-12-20(16)2/h3-9,12,15,18H,10-11,13H2,1-2H3,(H,19,21)/t15-/m0/s1. The number of amides is 1. The van der Waals surface area contributed by atoms with Crippen molar-refractivity contribution in [2.75, 3.05) is 13.6 Å². The van der Waals surface area contributed by atoms with Gasteiger partial charge in [0.15, 0.2) is 0 Å². The molecule has 0 aliphatic rings. The lowest BCUT2D eigenvalue weighted by molar-refractivity contribution is 0.0944. The van der Waals surface area contributed by atoms with Gasteiger partial charge in [0.2, 0.25) is 0 Å². The summed E-state index contributed by atoms with van der Waals surface area (Å²) in [5.41, 5.74) is 2.00. The number of aryl methyl sites for hydroxylation is 1. The molecule has 21 heavy (non-hydrogen) atoms.